The highest BCUT2D eigenvalue weighted by Crippen LogP contribution is 2.19. The number of methoxy groups -OCH3 is 1. The summed E-state index contributed by atoms with van der Waals surface area (Å²) in [5, 5.41) is 14.5. The zero-order valence-electron chi connectivity index (χ0n) is 15.8. The molecule has 140 valence electrons. The molecule has 27 heavy (non-hydrogen) atoms. The molecule has 2 aromatic carbocycles. The Morgan fingerprint density at radius 3 is 2.56 bits per heavy atom. The second-order valence-electron chi connectivity index (χ2n) is 6.22. The third kappa shape index (κ3) is 5.07. The van der Waals surface area contributed by atoms with E-state index < -0.39 is 0 Å². The van der Waals surface area contributed by atoms with Gasteiger partial charge in [-0.15, -0.1) is 5.10 Å². The predicted molar refractivity (Wildman–Crippen MR) is 109 cm³/mol. The first kappa shape index (κ1) is 18.4. The number of nitrogens with one attached hydrogen (secondary N) is 2. The van der Waals surface area contributed by atoms with Crippen LogP contribution in [0.15, 0.2) is 54.7 Å². The summed E-state index contributed by atoms with van der Waals surface area (Å²) < 4.78 is 5.38. The lowest BCUT2D eigenvalue weighted by molar-refractivity contribution is 0.410. The second-order valence-corrected chi connectivity index (χ2v) is 6.22. The van der Waals surface area contributed by atoms with Crippen LogP contribution in [0.1, 0.15) is 5.56 Å². The molecule has 0 amide bonds. The standard InChI is InChI=1S/C20H24N6O/c1-26(2)17-10-8-16(9-11-17)23-20-24-19(14-22-25-20)21-13-12-15-6-4-5-7-18(15)27-3/h4-11,14H,12-13H2,1-3H3,(H2,21,23,24,25). The van der Waals surface area contributed by atoms with Crippen LogP contribution in [-0.2, 0) is 6.42 Å². The number of para-hydroxylation sites is 1. The molecule has 3 aromatic rings. The number of aromatic nitrogens is 3. The van der Waals surface area contributed by atoms with E-state index in [-0.39, 0.29) is 0 Å². The average Bonchev–Trinajstić information content (AvgIpc) is 2.69. The lowest BCUT2D eigenvalue weighted by Gasteiger charge is -2.13. The fraction of sp³-hybridized carbons (Fsp3) is 0.250. The smallest absolute Gasteiger partial charge is 0.249 e. The topological polar surface area (TPSA) is 75.2 Å². The van der Waals surface area contributed by atoms with E-state index in [1.165, 1.54) is 0 Å². The van der Waals surface area contributed by atoms with E-state index in [1.807, 2.05) is 61.5 Å². The van der Waals surface area contributed by atoms with Gasteiger partial charge in [-0.25, -0.2) is 0 Å². The highest BCUT2D eigenvalue weighted by atomic mass is 16.5. The van der Waals surface area contributed by atoms with Crippen molar-refractivity contribution in [3.63, 3.8) is 0 Å². The van der Waals surface area contributed by atoms with Gasteiger partial charge in [-0.2, -0.15) is 10.1 Å². The summed E-state index contributed by atoms with van der Waals surface area (Å²) in [6.07, 6.45) is 2.44. The van der Waals surface area contributed by atoms with Crippen LogP contribution in [0.25, 0.3) is 0 Å². The van der Waals surface area contributed by atoms with Crippen molar-refractivity contribution in [1.29, 1.82) is 0 Å². The number of rotatable bonds is 8. The molecule has 0 aliphatic carbocycles. The molecule has 0 fully saturated rings. The Bertz CT molecular complexity index is 866. The van der Waals surface area contributed by atoms with E-state index in [9.17, 15) is 0 Å². The van der Waals surface area contributed by atoms with Crippen molar-refractivity contribution in [2.45, 2.75) is 6.42 Å². The molecule has 0 spiro atoms. The molecule has 0 aliphatic heterocycles. The number of ether oxygens (including phenoxy) is 1. The maximum atomic E-state index is 5.38. The van der Waals surface area contributed by atoms with Crippen molar-refractivity contribution < 1.29 is 4.74 Å². The Morgan fingerprint density at radius 1 is 1.04 bits per heavy atom. The second kappa shape index (κ2) is 8.84. The molecule has 1 aromatic heterocycles. The molecule has 0 radical (unpaired) electrons. The SMILES string of the molecule is COc1ccccc1CCNc1cnnc(Nc2ccc(N(C)C)cc2)n1. The first-order valence-corrected chi connectivity index (χ1v) is 8.75. The number of anilines is 4. The van der Waals surface area contributed by atoms with E-state index in [1.54, 1.807) is 13.3 Å². The van der Waals surface area contributed by atoms with Gasteiger partial charge in [-0.05, 0) is 42.3 Å². The Hall–Kier alpha value is -3.35. The van der Waals surface area contributed by atoms with E-state index in [2.05, 4.69) is 31.9 Å². The molecule has 7 heteroatoms. The fourth-order valence-electron chi connectivity index (χ4n) is 2.65. The molecular weight excluding hydrogens is 340 g/mol. The maximum absolute atomic E-state index is 5.38. The summed E-state index contributed by atoms with van der Waals surface area (Å²) in [6.45, 7) is 0.718. The summed E-state index contributed by atoms with van der Waals surface area (Å²) in [5.41, 5.74) is 3.19. The molecule has 0 bridgehead atoms. The largest absolute Gasteiger partial charge is 0.496 e. The van der Waals surface area contributed by atoms with Crippen molar-refractivity contribution in [2.24, 2.45) is 0 Å². The summed E-state index contributed by atoms with van der Waals surface area (Å²) in [4.78, 5) is 6.51. The molecule has 0 saturated heterocycles. The zero-order chi connectivity index (χ0) is 19.1. The van der Waals surface area contributed by atoms with Gasteiger partial charge < -0.3 is 20.3 Å². The van der Waals surface area contributed by atoms with E-state index in [0.29, 0.717) is 11.8 Å². The van der Waals surface area contributed by atoms with Gasteiger partial charge in [-0.3, -0.25) is 0 Å². The van der Waals surface area contributed by atoms with Gasteiger partial charge >= 0.3 is 0 Å². The summed E-state index contributed by atoms with van der Waals surface area (Å²) in [5.74, 6) is 2.02. The molecule has 3 rings (SSSR count). The third-order valence-electron chi connectivity index (χ3n) is 4.09. The highest BCUT2D eigenvalue weighted by molar-refractivity contribution is 5.59. The quantitative estimate of drug-likeness (QED) is 0.635. The van der Waals surface area contributed by atoms with Gasteiger partial charge in [0, 0.05) is 32.0 Å². The summed E-state index contributed by atoms with van der Waals surface area (Å²) >= 11 is 0. The fourth-order valence-corrected chi connectivity index (χ4v) is 2.65. The predicted octanol–water partition coefficient (Wildman–Crippen LogP) is 3.34. The molecule has 0 atom stereocenters. The van der Waals surface area contributed by atoms with Gasteiger partial charge in [0.1, 0.15) is 5.75 Å². The number of benzene rings is 2. The van der Waals surface area contributed by atoms with Crippen LogP contribution in [-0.4, -0.2) is 42.9 Å². The van der Waals surface area contributed by atoms with E-state index in [4.69, 9.17) is 4.74 Å². The number of hydrogen-bond acceptors (Lipinski definition) is 7. The lowest BCUT2D eigenvalue weighted by atomic mass is 10.1. The van der Waals surface area contributed by atoms with E-state index >= 15 is 0 Å². The van der Waals surface area contributed by atoms with Crippen LogP contribution in [0.5, 0.6) is 5.75 Å². The third-order valence-corrected chi connectivity index (χ3v) is 4.09. The van der Waals surface area contributed by atoms with Gasteiger partial charge in [0.15, 0.2) is 5.82 Å². The Morgan fingerprint density at radius 2 is 1.81 bits per heavy atom. The highest BCUT2D eigenvalue weighted by Gasteiger charge is 2.04. The molecule has 0 aliphatic rings. The first-order valence-electron chi connectivity index (χ1n) is 8.75. The molecule has 0 saturated carbocycles. The van der Waals surface area contributed by atoms with Crippen LogP contribution >= 0.6 is 0 Å². The normalized spacial score (nSPS) is 10.3. The van der Waals surface area contributed by atoms with Crippen molar-refractivity contribution >= 4 is 23.1 Å². The van der Waals surface area contributed by atoms with Crippen LogP contribution in [0, 0.1) is 0 Å². The number of hydrogen-bond donors (Lipinski definition) is 2. The van der Waals surface area contributed by atoms with Crippen LogP contribution in [0.2, 0.25) is 0 Å². The summed E-state index contributed by atoms with van der Waals surface area (Å²) in [6, 6.07) is 16.0. The Kier molecular flexibility index (Phi) is 6.04. The molecule has 1 heterocycles. The van der Waals surface area contributed by atoms with Crippen LogP contribution in [0.4, 0.5) is 23.1 Å². The molecule has 0 unspecified atom stereocenters. The molecular formula is C20H24N6O. The summed E-state index contributed by atoms with van der Waals surface area (Å²) in [7, 11) is 5.70. The van der Waals surface area contributed by atoms with Crippen molar-refractivity contribution in [3.8, 4) is 5.75 Å². The lowest BCUT2D eigenvalue weighted by Crippen LogP contribution is -2.09. The van der Waals surface area contributed by atoms with Crippen molar-refractivity contribution in [3.05, 3.63) is 60.3 Å². The van der Waals surface area contributed by atoms with Crippen molar-refractivity contribution in [1.82, 2.24) is 15.2 Å². The monoisotopic (exact) mass is 364 g/mol. The van der Waals surface area contributed by atoms with Gasteiger partial charge in [0.2, 0.25) is 5.95 Å². The Balaban J connectivity index is 1.58. The molecule has 2 N–H and O–H groups in total. The molecule has 7 nitrogen and oxygen atoms in total. The zero-order valence-corrected chi connectivity index (χ0v) is 15.8. The van der Waals surface area contributed by atoms with Gasteiger partial charge in [-0.1, -0.05) is 18.2 Å². The van der Waals surface area contributed by atoms with Gasteiger partial charge in [0.05, 0.1) is 13.3 Å². The minimum atomic E-state index is 0.454. The van der Waals surface area contributed by atoms with Crippen LogP contribution < -0.4 is 20.3 Å². The average molecular weight is 364 g/mol. The van der Waals surface area contributed by atoms with Crippen LogP contribution in [0.3, 0.4) is 0 Å². The minimum Gasteiger partial charge on any atom is -0.496 e. The number of nitrogens with zero attached hydrogens (tertiary/aromatic N) is 4. The minimum absolute atomic E-state index is 0.454. The van der Waals surface area contributed by atoms with Gasteiger partial charge in [0.25, 0.3) is 0 Å². The maximum Gasteiger partial charge on any atom is 0.249 e. The van der Waals surface area contributed by atoms with Crippen molar-refractivity contribution in [2.75, 3.05) is 43.3 Å². The van der Waals surface area contributed by atoms with E-state index in [0.717, 1.165) is 35.7 Å². The Labute approximate surface area is 159 Å². The first-order chi connectivity index (χ1) is 13.2.